The molecule has 0 spiro atoms. The van der Waals surface area contributed by atoms with Crippen molar-refractivity contribution in [1.82, 2.24) is 14.9 Å². The molecule has 0 saturated carbocycles. The molecule has 0 amide bonds. The molecule has 1 fully saturated rings. The summed E-state index contributed by atoms with van der Waals surface area (Å²) in [5, 5.41) is 6.49. The van der Waals surface area contributed by atoms with Gasteiger partial charge in [0.15, 0.2) is 11.6 Å². The monoisotopic (exact) mass is 423 g/mol. The Kier molecular flexibility index (Phi) is 5.47. The molecule has 2 aromatic heterocycles. The van der Waals surface area contributed by atoms with E-state index in [0.29, 0.717) is 5.95 Å². The highest BCUT2D eigenvalue weighted by Crippen LogP contribution is 2.38. The molecular formula is C24H30FN5O. The highest BCUT2D eigenvalue weighted by Gasteiger charge is 2.43. The summed E-state index contributed by atoms with van der Waals surface area (Å²) in [6.07, 6.45) is 6.36. The van der Waals surface area contributed by atoms with Gasteiger partial charge in [-0.05, 0) is 71.3 Å². The first-order valence-electron chi connectivity index (χ1n) is 10.6. The number of nitrogens with one attached hydrogen (secondary N) is 2. The van der Waals surface area contributed by atoms with Crippen LogP contribution in [0, 0.1) is 5.82 Å². The Labute approximate surface area is 182 Å². The van der Waals surface area contributed by atoms with Crippen molar-refractivity contribution < 1.29 is 8.81 Å². The van der Waals surface area contributed by atoms with E-state index in [4.69, 9.17) is 4.42 Å². The molecule has 1 aromatic carbocycles. The Bertz CT molecular complexity index is 1010. The lowest BCUT2D eigenvalue weighted by atomic mass is 9.77. The van der Waals surface area contributed by atoms with Gasteiger partial charge in [-0.2, -0.15) is 4.98 Å². The minimum atomic E-state index is -0.449. The maximum atomic E-state index is 14.5. The van der Waals surface area contributed by atoms with Gasteiger partial charge in [-0.3, -0.25) is 4.90 Å². The lowest BCUT2D eigenvalue weighted by molar-refractivity contribution is -0.00778. The van der Waals surface area contributed by atoms with Crippen molar-refractivity contribution >= 4 is 17.5 Å². The predicted octanol–water partition coefficient (Wildman–Crippen LogP) is 5.68. The van der Waals surface area contributed by atoms with E-state index in [1.165, 1.54) is 6.20 Å². The van der Waals surface area contributed by atoms with Gasteiger partial charge in [0.1, 0.15) is 0 Å². The van der Waals surface area contributed by atoms with Crippen molar-refractivity contribution in [1.29, 1.82) is 0 Å². The van der Waals surface area contributed by atoms with E-state index >= 15 is 0 Å². The number of hydrogen-bond acceptors (Lipinski definition) is 6. The summed E-state index contributed by atoms with van der Waals surface area (Å²) in [6, 6.07) is 9.87. The van der Waals surface area contributed by atoms with E-state index in [0.717, 1.165) is 29.7 Å². The van der Waals surface area contributed by atoms with Crippen LogP contribution in [0.25, 0.3) is 11.1 Å². The van der Waals surface area contributed by atoms with Crippen LogP contribution in [-0.2, 0) is 0 Å². The summed E-state index contributed by atoms with van der Waals surface area (Å²) in [4.78, 5) is 10.9. The van der Waals surface area contributed by atoms with E-state index in [1.807, 2.05) is 30.3 Å². The van der Waals surface area contributed by atoms with Crippen LogP contribution in [0.15, 0.2) is 53.5 Å². The third kappa shape index (κ3) is 4.56. The van der Waals surface area contributed by atoms with Gasteiger partial charge in [-0.15, -0.1) is 0 Å². The maximum absolute atomic E-state index is 14.5. The summed E-state index contributed by atoms with van der Waals surface area (Å²) in [5.41, 5.74) is 2.89. The zero-order chi connectivity index (χ0) is 22.2. The van der Waals surface area contributed by atoms with Crippen molar-refractivity contribution in [3.8, 4) is 11.1 Å². The molecule has 0 radical (unpaired) electrons. The number of halogens is 1. The molecule has 0 unspecified atom stereocenters. The molecule has 0 aliphatic carbocycles. The van der Waals surface area contributed by atoms with Crippen LogP contribution in [0.5, 0.6) is 0 Å². The largest absolute Gasteiger partial charge is 0.472 e. The molecule has 31 heavy (non-hydrogen) atoms. The highest BCUT2D eigenvalue weighted by molar-refractivity contribution is 5.66. The van der Waals surface area contributed by atoms with Crippen LogP contribution in [0.2, 0.25) is 0 Å². The predicted molar refractivity (Wildman–Crippen MR) is 122 cm³/mol. The fraction of sp³-hybridized carbons (Fsp3) is 0.417. The third-order valence-corrected chi connectivity index (χ3v) is 6.39. The van der Waals surface area contributed by atoms with Crippen molar-refractivity contribution in [2.75, 3.05) is 17.7 Å². The molecule has 1 aliphatic rings. The number of benzene rings is 1. The molecule has 7 heteroatoms. The number of aromatic nitrogens is 2. The van der Waals surface area contributed by atoms with Gasteiger partial charge in [-0.1, -0.05) is 12.1 Å². The average Bonchev–Trinajstić information content (AvgIpc) is 3.24. The number of anilines is 3. The minimum absolute atomic E-state index is 0.000730. The van der Waals surface area contributed by atoms with Gasteiger partial charge in [0, 0.05) is 28.4 Å². The number of piperidine rings is 1. The van der Waals surface area contributed by atoms with Crippen LogP contribution < -0.4 is 10.6 Å². The first-order valence-corrected chi connectivity index (χ1v) is 10.6. The van der Waals surface area contributed by atoms with E-state index in [1.54, 1.807) is 12.5 Å². The number of rotatable bonds is 5. The second-order valence-electron chi connectivity index (χ2n) is 9.54. The number of furan rings is 1. The van der Waals surface area contributed by atoms with E-state index < -0.39 is 5.82 Å². The fourth-order valence-electron chi connectivity index (χ4n) is 4.50. The lowest BCUT2D eigenvalue weighted by Crippen LogP contribution is -2.61. The van der Waals surface area contributed by atoms with Crippen LogP contribution in [0.4, 0.5) is 21.8 Å². The Morgan fingerprint density at radius 1 is 1.03 bits per heavy atom. The SMILES string of the molecule is CN1C(C)(C)CC(Nc2nc(Nc3ccc(-c4ccoc4)cc3)ncc2F)CC1(C)C. The van der Waals surface area contributed by atoms with Gasteiger partial charge < -0.3 is 15.1 Å². The quantitative estimate of drug-likeness (QED) is 0.550. The number of likely N-dealkylation sites (tertiary alicyclic amines) is 1. The van der Waals surface area contributed by atoms with Gasteiger partial charge in [0.2, 0.25) is 5.95 Å². The smallest absolute Gasteiger partial charge is 0.229 e. The Balaban J connectivity index is 1.49. The first-order chi connectivity index (χ1) is 14.6. The Morgan fingerprint density at radius 2 is 1.71 bits per heavy atom. The van der Waals surface area contributed by atoms with Crippen LogP contribution in [0.1, 0.15) is 40.5 Å². The van der Waals surface area contributed by atoms with Crippen LogP contribution >= 0.6 is 0 Å². The molecule has 1 saturated heterocycles. The third-order valence-electron chi connectivity index (χ3n) is 6.39. The van der Waals surface area contributed by atoms with Crippen molar-refractivity contribution in [2.45, 2.75) is 57.7 Å². The van der Waals surface area contributed by atoms with Crippen molar-refractivity contribution in [3.63, 3.8) is 0 Å². The molecule has 3 aromatic rings. The molecule has 3 heterocycles. The molecule has 0 atom stereocenters. The van der Waals surface area contributed by atoms with Crippen LogP contribution in [-0.4, -0.2) is 39.0 Å². The Hall–Kier alpha value is -2.93. The summed E-state index contributed by atoms with van der Waals surface area (Å²) in [6.45, 7) is 8.89. The molecule has 6 nitrogen and oxygen atoms in total. The Morgan fingerprint density at radius 3 is 2.32 bits per heavy atom. The zero-order valence-electron chi connectivity index (χ0n) is 18.7. The van der Waals surface area contributed by atoms with E-state index in [-0.39, 0.29) is 22.9 Å². The second kappa shape index (κ2) is 7.96. The number of hydrogen-bond donors (Lipinski definition) is 2. The van der Waals surface area contributed by atoms with Crippen LogP contribution in [0.3, 0.4) is 0 Å². The molecule has 2 N–H and O–H groups in total. The van der Waals surface area contributed by atoms with Crippen molar-refractivity contribution in [2.24, 2.45) is 0 Å². The minimum Gasteiger partial charge on any atom is -0.472 e. The lowest BCUT2D eigenvalue weighted by Gasteiger charge is -2.53. The summed E-state index contributed by atoms with van der Waals surface area (Å²) in [5.74, 6) is 0.135. The van der Waals surface area contributed by atoms with Crippen molar-refractivity contribution in [3.05, 3.63) is 54.9 Å². The maximum Gasteiger partial charge on any atom is 0.229 e. The standard InChI is InChI=1S/C24H30FN5O/c1-23(2)12-19(13-24(3,4)30(23)5)27-21-20(25)14-26-22(29-21)28-18-8-6-16(7-9-18)17-10-11-31-15-17/h6-11,14-15,19H,12-13H2,1-5H3,(H2,26,27,28,29). The summed E-state index contributed by atoms with van der Waals surface area (Å²) < 4.78 is 19.6. The average molecular weight is 424 g/mol. The van der Waals surface area contributed by atoms with E-state index in [2.05, 4.69) is 60.2 Å². The number of nitrogens with zero attached hydrogens (tertiary/aromatic N) is 3. The van der Waals surface area contributed by atoms with Gasteiger partial charge in [0.25, 0.3) is 0 Å². The topological polar surface area (TPSA) is 66.2 Å². The normalized spacial score (nSPS) is 18.6. The van der Waals surface area contributed by atoms with Gasteiger partial charge >= 0.3 is 0 Å². The molecule has 4 rings (SSSR count). The summed E-state index contributed by atoms with van der Waals surface area (Å²) in [7, 11) is 2.15. The molecular weight excluding hydrogens is 393 g/mol. The fourth-order valence-corrected chi connectivity index (χ4v) is 4.50. The molecule has 1 aliphatic heterocycles. The molecule has 0 bridgehead atoms. The highest BCUT2D eigenvalue weighted by atomic mass is 19.1. The second-order valence-corrected chi connectivity index (χ2v) is 9.54. The first kappa shape index (κ1) is 21.3. The van der Waals surface area contributed by atoms with Gasteiger partial charge in [-0.25, -0.2) is 9.37 Å². The van der Waals surface area contributed by atoms with Gasteiger partial charge in [0.05, 0.1) is 18.7 Å². The summed E-state index contributed by atoms with van der Waals surface area (Å²) >= 11 is 0. The zero-order valence-corrected chi connectivity index (χ0v) is 18.7. The van der Waals surface area contributed by atoms with E-state index in [9.17, 15) is 4.39 Å². The molecule has 164 valence electrons.